The number of ether oxygens (including phenoxy) is 1. The quantitative estimate of drug-likeness (QED) is 0.761. The predicted molar refractivity (Wildman–Crippen MR) is 77.8 cm³/mol. The molecule has 1 aromatic carbocycles. The highest BCUT2D eigenvalue weighted by Crippen LogP contribution is 2.37. The molecule has 1 saturated heterocycles. The summed E-state index contributed by atoms with van der Waals surface area (Å²) in [4.78, 5) is 12.4. The minimum atomic E-state index is -0.194. The van der Waals surface area contributed by atoms with E-state index in [1.165, 1.54) is 0 Å². The van der Waals surface area contributed by atoms with Gasteiger partial charge in [-0.3, -0.25) is 9.89 Å². The normalized spacial score (nSPS) is 31.5. The zero-order valence-corrected chi connectivity index (χ0v) is 11.6. The third-order valence-corrected chi connectivity index (χ3v) is 4.66. The molecule has 2 heterocycles. The van der Waals surface area contributed by atoms with Crippen molar-refractivity contribution in [3.8, 4) is 0 Å². The number of fused-ring (bicyclic) bond motifs is 2. The number of hydrogen-bond acceptors (Lipinski definition) is 4. The van der Waals surface area contributed by atoms with Gasteiger partial charge in [0.05, 0.1) is 17.7 Å². The van der Waals surface area contributed by atoms with Crippen molar-refractivity contribution in [3.05, 3.63) is 30.0 Å². The summed E-state index contributed by atoms with van der Waals surface area (Å²) in [7, 11) is 0. The lowest BCUT2D eigenvalue weighted by molar-refractivity contribution is -0.117. The molecule has 1 saturated carbocycles. The van der Waals surface area contributed by atoms with Crippen LogP contribution < -0.4 is 11.1 Å². The summed E-state index contributed by atoms with van der Waals surface area (Å²) in [6, 6.07) is 7.44. The number of nitrogens with one attached hydrogen (secondary N) is 2. The van der Waals surface area contributed by atoms with Crippen molar-refractivity contribution in [3.63, 3.8) is 0 Å². The average Bonchev–Trinajstić information content (AvgIpc) is 2.96. The molecule has 21 heavy (non-hydrogen) atoms. The molecule has 4 unspecified atom stereocenters. The van der Waals surface area contributed by atoms with Crippen LogP contribution in [0.3, 0.4) is 0 Å². The van der Waals surface area contributed by atoms with E-state index in [9.17, 15) is 4.79 Å². The van der Waals surface area contributed by atoms with Crippen LogP contribution >= 0.6 is 0 Å². The number of nitrogens with two attached hydrogens (primary N) is 1. The zero-order valence-electron chi connectivity index (χ0n) is 11.6. The molecule has 1 aromatic heterocycles. The summed E-state index contributed by atoms with van der Waals surface area (Å²) in [5.41, 5.74) is 7.44. The highest BCUT2D eigenvalue weighted by atomic mass is 16.5. The van der Waals surface area contributed by atoms with Gasteiger partial charge in [-0.25, -0.2) is 0 Å². The SMILES string of the molecule is NC1C2CCCOC2C1NC(=O)c1n[nH]c2ccccc12. The highest BCUT2D eigenvalue weighted by molar-refractivity contribution is 6.04. The van der Waals surface area contributed by atoms with E-state index >= 15 is 0 Å². The fourth-order valence-corrected chi connectivity index (χ4v) is 3.48. The van der Waals surface area contributed by atoms with Crippen LogP contribution in [-0.4, -0.2) is 40.9 Å². The third kappa shape index (κ3) is 1.94. The van der Waals surface area contributed by atoms with Crippen LogP contribution in [0.4, 0.5) is 0 Å². The van der Waals surface area contributed by atoms with Crippen molar-refractivity contribution in [1.29, 1.82) is 0 Å². The maximum atomic E-state index is 12.4. The van der Waals surface area contributed by atoms with E-state index in [1.807, 2.05) is 24.3 Å². The minimum absolute atomic E-state index is 0.0237. The van der Waals surface area contributed by atoms with E-state index in [2.05, 4.69) is 15.5 Å². The van der Waals surface area contributed by atoms with Crippen LogP contribution in [0, 0.1) is 5.92 Å². The highest BCUT2D eigenvalue weighted by Gasteiger charge is 2.51. The first-order chi connectivity index (χ1) is 10.3. The van der Waals surface area contributed by atoms with Crippen molar-refractivity contribution in [2.75, 3.05) is 6.61 Å². The summed E-state index contributed by atoms with van der Waals surface area (Å²) < 4.78 is 5.74. The number of benzene rings is 1. The Morgan fingerprint density at radius 2 is 2.29 bits per heavy atom. The number of para-hydroxylation sites is 1. The van der Waals surface area contributed by atoms with Gasteiger partial charge < -0.3 is 15.8 Å². The number of carbonyl (C=O) groups is 1. The van der Waals surface area contributed by atoms with Crippen molar-refractivity contribution in [1.82, 2.24) is 15.5 Å². The van der Waals surface area contributed by atoms with E-state index in [1.54, 1.807) is 0 Å². The summed E-state index contributed by atoms with van der Waals surface area (Å²) in [5.74, 6) is 0.181. The molecule has 4 atom stereocenters. The summed E-state index contributed by atoms with van der Waals surface area (Å²) in [6.45, 7) is 0.756. The van der Waals surface area contributed by atoms with Crippen LogP contribution in [0.2, 0.25) is 0 Å². The van der Waals surface area contributed by atoms with Crippen LogP contribution in [0.1, 0.15) is 23.3 Å². The molecule has 6 heteroatoms. The molecule has 1 amide bonds. The largest absolute Gasteiger partial charge is 0.376 e. The Hall–Kier alpha value is -1.92. The van der Waals surface area contributed by atoms with Gasteiger partial charge in [0.15, 0.2) is 5.69 Å². The number of amides is 1. The summed E-state index contributed by atoms with van der Waals surface area (Å²) >= 11 is 0. The number of aromatic nitrogens is 2. The lowest BCUT2D eigenvalue weighted by atomic mass is 9.68. The van der Waals surface area contributed by atoms with E-state index in [0.29, 0.717) is 11.6 Å². The van der Waals surface area contributed by atoms with Crippen LogP contribution in [0.25, 0.3) is 10.9 Å². The van der Waals surface area contributed by atoms with Gasteiger partial charge in [0.2, 0.25) is 0 Å². The molecular weight excluding hydrogens is 268 g/mol. The first-order valence-corrected chi connectivity index (χ1v) is 7.37. The number of rotatable bonds is 2. The first kappa shape index (κ1) is 12.8. The average molecular weight is 286 g/mol. The summed E-state index contributed by atoms with van der Waals surface area (Å²) in [5, 5.41) is 10.8. The van der Waals surface area contributed by atoms with Gasteiger partial charge in [-0.1, -0.05) is 18.2 Å². The Morgan fingerprint density at radius 1 is 1.43 bits per heavy atom. The maximum Gasteiger partial charge on any atom is 0.272 e. The second-order valence-corrected chi connectivity index (χ2v) is 5.84. The monoisotopic (exact) mass is 286 g/mol. The molecule has 1 aliphatic heterocycles. The molecule has 6 nitrogen and oxygen atoms in total. The Labute approximate surface area is 122 Å². The molecule has 0 radical (unpaired) electrons. The van der Waals surface area contributed by atoms with E-state index in [0.717, 1.165) is 30.4 Å². The first-order valence-electron chi connectivity index (χ1n) is 7.37. The Balaban J connectivity index is 1.53. The smallest absolute Gasteiger partial charge is 0.272 e. The number of aromatic amines is 1. The fourth-order valence-electron chi connectivity index (χ4n) is 3.48. The van der Waals surface area contributed by atoms with Gasteiger partial charge in [0, 0.05) is 24.0 Å². The van der Waals surface area contributed by atoms with Crippen LogP contribution in [0.15, 0.2) is 24.3 Å². The Bertz CT molecular complexity index is 683. The molecular formula is C15H18N4O2. The molecule has 4 N–H and O–H groups in total. The molecule has 2 fully saturated rings. The fraction of sp³-hybridized carbons (Fsp3) is 0.467. The van der Waals surface area contributed by atoms with E-state index in [-0.39, 0.29) is 24.1 Å². The van der Waals surface area contributed by atoms with Gasteiger partial charge >= 0.3 is 0 Å². The van der Waals surface area contributed by atoms with Crippen LogP contribution in [-0.2, 0) is 4.74 Å². The number of hydrogen-bond donors (Lipinski definition) is 3. The molecule has 0 bridgehead atoms. The second kappa shape index (κ2) is 4.82. The number of carbonyl (C=O) groups excluding carboxylic acids is 1. The third-order valence-electron chi connectivity index (χ3n) is 4.66. The van der Waals surface area contributed by atoms with Gasteiger partial charge in [-0.2, -0.15) is 5.10 Å². The van der Waals surface area contributed by atoms with E-state index < -0.39 is 0 Å². The van der Waals surface area contributed by atoms with Crippen molar-refractivity contribution in [2.24, 2.45) is 11.7 Å². The molecule has 4 rings (SSSR count). The molecule has 2 aliphatic rings. The minimum Gasteiger partial charge on any atom is -0.376 e. The van der Waals surface area contributed by atoms with E-state index in [4.69, 9.17) is 10.5 Å². The lowest BCUT2D eigenvalue weighted by Gasteiger charge is -2.52. The van der Waals surface area contributed by atoms with Gasteiger partial charge in [-0.15, -0.1) is 0 Å². The van der Waals surface area contributed by atoms with Crippen molar-refractivity contribution >= 4 is 16.8 Å². The molecule has 0 spiro atoms. The zero-order chi connectivity index (χ0) is 14.4. The second-order valence-electron chi connectivity index (χ2n) is 5.84. The van der Waals surface area contributed by atoms with Crippen molar-refractivity contribution < 1.29 is 9.53 Å². The number of nitrogens with zero attached hydrogens (tertiary/aromatic N) is 1. The van der Waals surface area contributed by atoms with Crippen molar-refractivity contribution in [2.45, 2.75) is 31.0 Å². The molecule has 110 valence electrons. The van der Waals surface area contributed by atoms with Crippen LogP contribution in [0.5, 0.6) is 0 Å². The standard InChI is InChI=1S/C15H18N4O2/c16-11-9-5-3-7-21-14(9)13(11)17-15(20)12-8-4-1-2-6-10(8)18-19-12/h1-2,4,6,9,11,13-14H,3,5,7,16H2,(H,17,20)(H,18,19). The van der Waals surface area contributed by atoms with Gasteiger partial charge in [0.1, 0.15) is 0 Å². The predicted octanol–water partition coefficient (Wildman–Crippen LogP) is 0.797. The Kier molecular flexibility index (Phi) is 2.94. The summed E-state index contributed by atoms with van der Waals surface area (Å²) in [6.07, 6.45) is 2.20. The topological polar surface area (TPSA) is 93.0 Å². The van der Waals surface area contributed by atoms with Gasteiger partial charge in [0.25, 0.3) is 5.91 Å². The lowest BCUT2D eigenvalue weighted by Crippen LogP contribution is -2.72. The Morgan fingerprint density at radius 3 is 3.19 bits per heavy atom. The van der Waals surface area contributed by atoms with Gasteiger partial charge in [-0.05, 0) is 18.9 Å². The number of H-pyrrole nitrogens is 1. The molecule has 1 aliphatic carbocycles. The maximum absolute atomic E-state index is 12.4. The molecule has 2 aromatic rings.